The number of rotatable bonds is 3. The van der Waals surface area contributed by atoms with Crippen LogP contribution in [0.25, 0.3) is 0 Å². The Labute approximate surface area is 90.5 Å². The maximum absolute atomic E-state index is 12.7. The van der Waals surface area contributed by atoms with Gasteiger partial charge < -0.3 is 5.73 Å². The molecule has 2 N–H and O–H groups in total. The van der Waals surface area contributed by atoms with E-state index in [1.54, 1.807) is 6.07 Å². The number of pyridine rings is 1. The average molecular weight is 232 g/mol. The fraction of sp³-hybridized carbons (Fsp3) is 0.333. The molecular formula is C9H8ClF2N3. The molecule has 1 aromatic heterocycles. The Bertz CT molecular complexity index is 401. The van der Waals surface area contributed by atoms with Crippen molar-refractivity contribution in [2.75, 3.05) is 5.73 Å². The molecule has 0 spiro atoms. The van der Waals surface area contributed by atoms with Crippen molar-refractivity contribution in [1.29, 1.82) is 5.26 Å². The molecule has 3 nitrogen and oxygen atoms in total. The molecule has 1 aromatic rings. The van der Waals surface area contributed by atoms with E-state index in [-0.39, 0.29) is 34.8 Å². The van der Waals surface area contributed by atoms with E-state index in [9.17, 15) is 8.78 Å². The van der Waals surface area contributed by atoms with E-state index in [1.165, 1.54) is 6.20 Å². The zero-order valence-corrected chi connectivity index (χ0v) is 8.43. The first-order valence-corrected chi connectivity index (χ1v) is 4.62. The summed E-state index contributed by atoms with van der Waals surface area (Å²) in [6.45, 7) is 0. The lowest BCUT2D eigenvalue weighted by Gasteiger charge is -2.11. The number of nitriles is 1. The Hall–Kier alpha value is -1.41. The van der Waals surface area contributed by atoms with Crippen LogP contribution in [0.4, 0.5) is 14.5 Å². The smallest absolute Gasteiger partial charge is 0.266 e. The number of anilines is 1. The fourth-order valence-corrected chi connectivity index (χ4v) is 1.43. The number of nitrogens with zero attached hydrogens (tertiary/aromatic N) is 2. The molecule has 0 aliphatic rings. The highest BCUT2D eigenvalue weighted by Gasteiger charge is 2.19. The Morgan fingerprint density at radius 1 is 1.60 bits per heavy atom. The molecule has 15 heavy (non-hydrogen) atoms. The molecule has 0 saturated heterocycles. The topological polar surface area (TPSA) is 62.7 Å². The average Bonchev–Trinajstić information content (AvgIpc) is 2.18. The lowest BCUT2D eigenvalue weighted by atomic mass is 10.1. The second-order valence-corrected chi connectivity index (χ2v) is 3.09. The molecule has 0 aliphatic carbocycles. The monoisotopic (exact) mass is 231 g/mol. The molecule has 0 saturated carbocycles. The molecule has 0 aliphatic heterocycles. The summed E-state index contributed by atoms with van der Waals surface area (Å²) in [7, 11) is 0. The first kappa shape index (κ1) is 11.7. The van der Waals surface area contributed by atoms with Gasteiger partial charge in [-0.3, -0.25) is 4.98 Å². The van der Waals surface area contributed by atoms with E-state index in [4.69, 9.17) is 22.6 Å². The van der Waals surface area contributed by atoms with Gasteiger partial charge in [0.15, 0.2) is 0 Å². The zero-order chi connectivity index (χ0) is 11.4. The van der Waals surface area contributed by atoms with Crippen molar-refractivity contribution in [2.45, 2.75) is 18.7 Å². The van der Waals surface area contributed by atoms with Crippen molar-refractivity contribution in [3.63, 3.8) is 0 Å². The summed E-state index contributed by atoms with van der Waals surface area (Å²) in [5, 5.41) is 8.45. The van der Waals surface area contributed by atoms with Gasteiger partial charge in [-0.05, 0) is 5.56 Å². The quantitative estimate of drug-likeness (QED) is 0.813. The van der Waals surface area contributed by atoms with Gasteiger partial charge >= 0.3 is 0 Å². The van der Waals surface area contributed by atoms with Gasteiger partial charge in [-0.15, -0.1) is 11.6 Å². The van der Waals surface area contributed by atoms with Crippen LogP contribution in [0.15, 0.2) is 6.20 Å². The minimum absolute atomic E-state index is 0.0294. The Morgan fingerprint density at radius 3 is 2.73 bits per heavy atom. The van der Waals surface area contributed by atoms with E-state index in [1.807, 2.05) is 0 Å². The van der Waals surface area contributed by atoms with Crippen LogP contribution in [0, 0.1) is 11.3 Å². The Morgan fingerprint density at radius 2 is 2.27 bits per heavy atom. The van der Waals surface area contributed by atoms with Crippen molar-refractivity contribution in [2.24, 2.45) is 0 Å². The first-order chi connectivity index (χ1) is 7.11. The van der Waals surface area contributed by atoms with Crippen LogP contribution in [-0.4, -0.2) is 4.98 Å². The lowest BCUT2D eigenvalue weighted by Crippen LogP contribution is -2.06. The highest BCUT2D eigenvalue weighted by Crippen LogP contribution is 2.30. The highest BCUT2D eigenvalue weighted by molar-refractivity contribution is 6.17. The van der Waals surface area contributed by atoms with Gasteiger partial charge in [0.2, 0.25) is 0 Å². The van der Waals surface area contributed by atoms with E-state index in [2.05, 4.69) is 4.98 Å². The van der Waals surface area contributed by atoms with Crippen LogP contribution in [0.3, 0.4) is 0 Å². The van der Waals surface area contributed by atoms with Crippen molar-refractivity contribution in [3.05, 3.63) is 23.0 Å². The van der Waals surface area contributed by atoms with Gasteiger partial charge in [-0.1, -0.05) is 0 Å². The van der Waals surface area contributed by atoms with Crippen LogP contribution in [0.5, 0.6) is 0 Å². The number of alkyl halides is 3. The minimum atomic E-state index is -2.72. The third kappa shape index (κ3) is 2.34. The van der Waals surface area contributed by atoms with E-state index >= 15 is 0 Å². The largest absolute Gasteiger partial charge is 0.397 e. The van der Waals surface area contributed by atoms with Crippen molar-refractivity contribution in [1.82, 2.24) is 4.98 Å². The molecule has 6 heteroatoms. The summed E-state index contributed by atoms with van der Waals surface area (Å²) in [5.74, 6) is -0.0294. The van der Waals surface area contributed by atoms with Crippen LogP contribution >= 0.6 is 11.6 Å². The normalized spacial score (nSPS) is 10.3. The molecular weight excluding hydrogens is 224 g/mol. The summed E-state index contributed by atoms with van der Waals surface area (Å²) in [6, 6.07) is 1.78. The molecule has 0 aromatic carbocycles. The zero-order valence-electron chi connectivity index (χ0n) is 7.67. The molecule has 0 fully saturated rings. The molecule has 0 bridgehead atoms. The van der Waals surface area contributed by atoms with E-state index in [0.717, 1.165) is 0 Å². The molecule has 1 heterocycles. The van der Waals surface area contributed by atoms with Gasteiger partial charge in [-0.2, -0.15) is 5.26 Å². The lowest BCUT2D eigenvalue weighted by molar-refractivity contribution is 0.151. The summed E-state index contributed by atoms with van der Waals surface area (Å²) >= 11 is 5.49. The van der Waals surface area contributed by atoms with Crippen LogP contribution < -0.4 is 5.73 Å². The molecule has 0 radical (unpaired) electrons. The van der Waals surface area contributed by atoms with E-state index in [0.29, 0.717) is 0 Å². The molecule has 0 amide bonds. The third-order valence-corrected chi connectivity index (χ3v) is 2.19. The number of nitrogens with two attached hydrogens (primary N) is 1. The first-order valence-electron chi connectivity index (χ1n) is 4.09. The molecule has 0 atom stereocenters. The van der Waals surface area contributed by atoms with Crippen molar-refractivity contribution >= 4 is 17.3 Å². The number of nitrogen functional groups attached to an aromatic ring is 1. The number of hydrogen-bond donors (Lipinski definition) is 1. The number of halogens is 3. The molecule has 80 valence electrons. The third-order valence-electron chi connectivity index (χ3n) is 1.94. The maximum atomic E-state index is 12.7. The van der Waals surface area contributed by atoms with E-state index < -0.39 is 6.43 Å². The van der Waals surface area contributed by atoms with Crippen molar-refractivity contribution in [3.8, 4) is 6.07 Å². The second kappa shape index (κ2) is 4.89. The maximum Gasteiger partial charge on any atom is 0.266 e. The number of hydrogen-bond acceptors (Lipinski definition) is 3. The summed E-state index contributed by atoms with van der Waals surface area (Å²) in [4.78, 5) is 3.82. The predicted molar refractivity (Wildman–Crippen MR) is 52.5 cm³/mol. The van der Waals surface area contributed by atoms with Gasteiger partial charge in [0.05, 0.1) is 29.8 Å². The minimum Gasteiger partial charge on any atom is -0.397 e. The van der Waals surface area contributed by atoms with Crippen LogP contribution in [-0.2, 0) is 12.3 Å². The molecule has 0 unspecified atom stereocenters. The Kier molecular flexibility index (Phi) is 3.81. The van der Waals surface area contributed by atoms with Gasteiger partial charge in [-0.25, -0.2) is 8.78 Å². The summed E-state index contributed by atoms with van der Waals surface area (Å²) in [6.07, 6.45) is -1.64. The van der Waals surface area contributed by atoms with Gasteiger partial charge in [0, 0.05) is 11.8 Å². The summed E-state index contributed by atoms with van der Waals surface area (Å²) < 4.78 is 25.3. The fourth-order valence-electron chi connectivity index (χ4n) is 1.21. The van der Waals surface area contributed by atoms with Gasteiger partial charge in [0.25, 0.3) is 6.43 Å². The second-order valence-electron chi connectivity index (χ2n) is 2.83. The number of aromatic nitrogens is 1. The van der Waals surface area contributed by atoms with Crippen molar-refractivity contribution < 1.29 is 8.78 Å². The molecule has 1 rings (SSSR count). The SMILES string of the molecule is N#CCc1cnc(CCl)c(N)c1C(F)F. The van der Waals surface area contributed by atoms with Crippen LogP contribution in [0.2, 0.25) is 0 Å². The van der Waals surface area contributed by atoms with Gasteiger partial charge in [0.1, 0.15) is 0 Å². The van der Waals surface area contributed by atoms with Crippen LogP contribution in [0.1, 0.15) is 23.2 Å². The Balaban J connectivity index is 3.32. The predicted octanol–water partition coefficient (Wildman–Crippen LogP) is 2.41. The highest BCUT2D eigenvalue weighted by atomic mass is 35.5. The standard InChI is InChI=1S/C9H8ClF2N3/c10-3-6-8(14)7(9(11)12)5(1-2-13)4-15-6/h4,9H,1,3,14H2. The summed E-state index contributed by atoms with van der Waals surface area (Å²) in [5.41, 5.74) is 5.41.